The monoisotopic (exact) mass is 540 g/mol. The Hall–Kier alpha value is -1.44. The molecule has 1 amide bonds. The maximum absolute atomic E-state index is 12.0. The van der Waals surface area contributed by atoms with Crippen molar-refractivity contribution >= 4 is 11.9 Å². The summed E-state index contributed by atoms with van der Waals surface area (Å²) in [6, 6.07) is 0. The number of esters is 1. The lowest BCUT2D eigenvalue weighted by molar-refractivity contribution is -0.145. The zero-order chi connectivity index (χ0) is 28.7. The first-order chi connectivity index (χ1) is 18.0. The molecule has 224 valence electrons. The first kappa shape index (κ1) is 36.6. The second-order valence-electron chi connectivity index (χ2n) is 11.5. The lowest BCUT2D eigenvalue weighted by atomic mass is 9.93. The third-order valence-corrected chi connectivity index (χ3v) is 7.23. The average molecular weight is 541 g/mol. The minimum absolute atomic E-state index is 0.0718. The van der Waals surface area contributed by atoms with Crippen molar-refractivity contribution in [3.63, 3.8) is 0 Å². The molecule has 0 rings (SSSR count). The molecule has 0 bridgehead atoms. The van der Waals surface area contributed by atoms with Crippen LogP contribution in [0.4, 0.5) is 0 Å². The molecule has 0 saturated heterocycles. The van der Waals surface area contributed by atoms with Gasteiger partial charge in [-0.3, -0.25) is 9.59 Å². The van der Waals surface area contributed by atoms with Gasteiger partial charge in [-0.15, -0.1) is 0 Å². The number of carbonyl (C=O) groups is 2. The summed E-state index contributed by atoms with van der Waals surface area (Å²) in [5.41, 5.74) is 5.36. The van der Waals surface area contributed by atoms with Crippen molar-refractivity contribution < 1.29 is 23.8 Å². The first-order valence-electron chi connectivity index (χ1n) is 15.1. The summed E-state index contributed by atoms with van der Waals surface area (Å²) in [7, 11) is 1.65. The molecule has 0 aliphatic rings. The molecular weight excluding hydrogens is 480 g/mol. The Morgan fingerprint density at radius 3 is 2.05 bits per heavy atom. The minimum atomic E-state index is -0.472. The Balaban J connectivity index is 3.71. The van der Waals surface area contributed by atoms with Crippen molar-refractivity contribution in [3.05, 3.63) is 12.2 Å². The van der Waals surface area contributed by atoms with Crippen LogP contribution >= 0.6 is 0 Å². The number of carbonyl (C=O) groups excluding carboxylic acids is 2. The Morgan fingerprint density at radius 1 is 0.868 bits per heavy atom. The molecule has 3 N–H and O–H groups in total. The highest BCUT2D eigenvalue weighted by Crippen LogP contribution is 2.19. The highest BCUT2D eigenvalue weighted by Gasteiger charge is 2.28. The van der Waals surface area contributed by atoms with Crippen molar-refractivity contribution in [2.45, 2.75) is 148 Å². The van der Waals surface area contributed by atoms with Gasteiger partial charge in [0.2, 0.25) is 5.91 Å². The van der Waals surface area contributed by atoms with Gasteiger partial charge in [0.25, 0.3) is 0 Å². The molecule has 2 atom stereocenters. The smallest absolute Gasteiger partial charge is 0.325 e. The Morgan fingerprint density at radius 2 is 1.45 bits per heavy atom. The fraction of sp³-hybridized carbons (Fsp3) is 0.871. The lowest BCUT2D eigenvalue weighted by Gasteiger charge is -2.32. The van der Waals surface area contributed by atoms with Crippen LogP contribution in [0.2, 0.25) is 0 Å². The topological polar surface area (TPSA) is 99.9 Å². The third kappa shape index (κ3) is 21.5. The van der Waals surface area contributed by atoms with Crippen LogP contribution in [0.1, 0.15) is 131 Å². The van der Waals surface area contributed by atoms with Crippen LogP contribution in [-0.4, -0.2) is 56.0 Å². The van der Waals surface area contributed by atoms with Crippen LogP contribution in [0, 0.1) is 0 Å². The van der Waals surface area contributed by atoms with Crippen LogP contribution in [-0.2, 0) is 23.8 Å². The van der Waals surface area contributed by atoms with Gasteiger partial charge in [-0.25, -0.2) is 0 Å². The lowest BCUT2D eigenvalue weighted by Crippen LogP contribution is -2.48. The zero-order valence-corrected chi connectivity index (χ0v) is 25.6. The maximum Gasteiger partial charge on any atom is 0.325 e. The molecule has 0 aliphatic heterocycles. The third-order valence-electron chi connectivity index (χ3n) is 7.23. The summed E-state index contributed by atoms with van der Waals surface area (Å²) in [5.74, 6) is -0.519. The van der Waals surface area contributed by atoms with Crippen molar-refractivity contribution in [2.75, 3.05) is 26.9 Å². The molecule has 0 spiro atoms. The molecule has 0 fully saturated rings. The fourth-order valence-corrected chi connectivity index (χ4v) is 3.99. The van der Waals surface area contributed by atoms with Gasteiger partial charge in [0.15, 0.2) is 0 Å². The standard InChI is InChI=1S/C31H60N2O5/c1-7-8-9-10-11-12-13-14-15-16-17-18-19-20-21-28(34)33-26-29(35)37-24-22-30(3,4)38-25-23-31(5,32)27(2)36-6/h13-14,27H,7-12,15-26,32H2,1-6H3,(H,33,34)/b14-13-. The normalized spacial score (nSPS) is 14.4. The molecular formula is C31H60N2O5. The molecule has 0 aromatic carbocycles. The first-order valence-corrected chi connectivity index (χ1v) is 15.1. The molecule has 0 saturated carbocycles. The summed E-state index contributed by atoms with van der Waals surface area (Å²) >= 11 is 0. The molecule has 2 unspecified atom stereocenters. The van der Waals surface area contributed by atoms with E-state index in [1.807, 2.05) is 27.7 Å². The molecule has 0 aromatic rings. The summed E-state index contributed by atoms with van der Waals surface area (Å²) in [6.45, 7) is 10.7. The van der Waals surface area contributed by atoms with E-state index in [1.54, 1.807) is 7.11 Å². The van der Waals surface area contributed by atoms with Crippen molar-refractivity contribution in [1.29, 1.82) is 0 Å². The van der Waals surface area contributed by atoms with E-state index in [0.29, 0.717) is 25.9 Å². The maximum atomic E-state index is 12.0. The predicted octanol–water partition coefficient (Wildman–Crippen LogP) is 6.62. The number of allylic oxidation sites excluding steroid dienone is 2. The number of nitrogens with one attached hydrogen (secondary N) is 1. The van der Waals surface area contributed by atoms with Gasteiger partial charge in [-0.2, -0.15) is 0 Å². The Kier molecular flexibility index (Phi) is 21.5. The number of nitrogens with two attached hydrogens (primary N) is 1. The Labute approximate surface area is 234 Å². The molecule has 0 heterocycles. The quantitative estimate of drug-likeness (QED) is 0.0767. The van der Waals surface area contributed by atoms with Gasteiger partial charge < -0.3 is 25.3 Å². The fourth-order valence-electron chi connectivity index (χ4n) is 3.99. The van der Waals surface area contributed by atoms with Crippen molar-refractivity contribution in [2.24, 2.45) is 5.73 Å². The number of hydrogen-bond acceptors (Lipinski definition) is 6. The average Bonchev–Trinajstić information content (AvgIpc) is 2.86. The van der Waals surface area contributed by atoms with Crippen LogP contribution in [0.25, 0.3) is 0 Å². The van der Waals surface area contributed by atoms with Crippen molar-refractivity contribution in [3.8, 4) is 0 Å². The van der Waals surface area contributed by atoms with Crippen LogP contribution in [0.15, 0.2) is 12.2 Å². The Bertz CT molecular complexity index is 634. The number of methoxy groups -OCH3 is 1. The number of unbranched alkanes of at least 4 members (excludes halogenated alkanes) is 10. The van der Waals surface area contributed by atoms with Crippen LogP contribution in [0.3, 0.4) is 0 Å². The van der Waals surface area contributed by atoms with E-state index in [2.05, 4.69) is 24.4 Å². The second-order valence-corrected chi connectivity index (χ2v) is 11.5. The van der Waals surface area contributed by atoms with E-state index in [1.165, 1.54) is 51.4 Å². The highest BCUT2D eigenvalue weighted by atomic mass is 16.5. The highest BCUT2D eigenvalue weighted by molar-refractivity contribution is 5.81. The van der Waals surface area contributed by atoms with E-state index in [-0.39, 0.29) is 25.2 Å². The van der Waals surface area contributed by atoms with Gasteiger partial charge >= 0.3 is 5.97 Å². The predicted molar refractivity (Wildman–Crippen MR) is 157 cm³/mol. The van der Waals surface area contributed by atoms with Gasteiger partial charge in [-0.1, -0.05) is 64.0 Å². The molecule has 0 radical (unpaired) electrons. The van der Waals surface area contributed by atoms with Crippen LogP contribution < -0.4 is 11.1 Å². The molecule has 7 nitrogen and oxygen atoms in total. The number of ether oxygens (including phenoxy) is 3. The number of hydrogen-bond donors (Lipinski definition) is 2. The van der Waals surface area contributed by atoms with Gasteiger partial charge in [0.1, 0.15) is 6.54 Å². The summed E-state index contributed by atoms with van der Waals surface area (Å²) in [6.07, 6.45) is 20.8. The SMILES string of the molecule is CCCCCCC/C=C\CCCCCCCC(=O)NCC(=O)OCCC(C)(C)OCCC(C)(N)C(C)OC. The summed E-state index contributed by atoms with van der Waals surface area (Å²) in [4.78, 5) is 24.0. The van der Waals surface area contributed by atoms with E-state index < -0.39 is 17.1 Å². The molecule has 0 aliphatic carbocycles. The van der Waals surface area contributed by atoms with E-state index in [0.717, 1.165) is 25.7 Å². The summed E-state index contributed by atoms with van der Waals surface area (Å²) < 4.78 is 16.6. The zero-order valence-electron chi connectivity index (χ0n) is 25.6. The molecule has 38 heavy (non-hydrogen) atoms. The largest absolute Gasteiger partial charge is 0.464 e. The second kappa shape index (κ2) is 22.4. The number of rotatable bonds is 25. The van der Waals surface area contributed by atoms with Gasteiger partial charge in [-0.05, 0) is 66.2 Å². The van der Waals surface area contributed by atoms with Crippen molar-refractivity contribution in [1.82, 2.24) is 5.32 Å². The summed E-state index contributed by atoms with van der Waals surface area (Å²) in [5, 5.41) is 2.66. The van der Waals surface area contributed by atoms with E-state index in [9.17, 15) is 9.59 Å². The van der Waals surface area contributed by atoms with Crippen LogP contribution in [0.5, 0.6) is 0 Å². The molecule has 0 aromatic heterocycles. The number of amides is 1. The van der Waals surface area contributed by atoms with Gasteiger partial charge in [0.05, 0.1) is 18.3 Å². The molecule has 7 heteroatoms. The van der Waals surface area contributed by atoms with E-state index in [4.69, 9.17) is 19.9 Å². The van der Waals surface area contributed by atoms with Gasteiger partial charge in [0, 0.05) is 32.1 Å². The minimum Gasteiger partial charge on any atom is -0.464 e. The van der Waals surface area contributed by atoms with E-state index >= 15 is 0 Å².